The summed E-state index contributed by atoms with van der Waals surface area (Å²) < 4.78 is 9.23. The molecule has 0 aliphatic rings. The summed E-state index contributed by atoms with van der Waals surface area (Å²) in [5.74, 6) is 0. The van der Waals surface area contributed by atoms with Gasteiger partial charge >= 0.3 is 21.1 Å². The number of hydrogen-bond acceptors (Lipinski definition) is 6. The summed E-state index contributed by atoms with van der Waals surface area (Å²) in [6.45, 7) is 1.25. The molecule has 0 heterocycles. The summed E-state index contributed by atoms with van der Waals surface area (Å²) in [5.41, 5.74) is -1.27. The Labute approximate surface area is 92.3 Å². The van der Waals surface area contributed by atoms with Gasteiger partial charge < -0.3 is 9.79 Å². The molecule has 1 unspecified atom stereocenters. The molecule has 0 fully saturated rings. The molecule has 0 saturated heterocycles. The fraction of sp³-hybridized carbons (Fsp3) is 0.800. The summed E-state index contributed by atoms with van der Waals surface area (Å²) in [7, 11) is -8.97. The zero-order valence-electron chi connectivity index (χ0n) is 7.81. The first kappa shape index (κ1) is 15.5. The first-order valence-corrected chi connectivity index (χ1v) is 7.60. The van der Waals surface area contributed by atoms with E-state index in [9.17, 15) is 9.36 Å². The lowest BCUT2D eigenvalue weighted by atomic mass is 10.1. The van der Waals surface area contributed by atoms with Crippen molar-refractivity contribution in [3.63, 3.8) is 0 Å². The maximum atomic E-state index is 11.0. The Kier molecular flexibility index (Phi) is 4.93. The van der Waals surface area contributed by atoms with Crippen LogP contribution in [0.15, 0.2) is 0 Å². The van der Waals surface area contributed by atoms with Gasteiger partial charge in [0.2, 0.25) is 0 Å². The molecule has 7 nitrogen and oxygen atoms in total. The van der Waals surface area contributed by atoms with E-state index in [1.165, 1.54) is 6.92 Å². The minimum Gasteiger partial charge on any atom is -0.324 e. The van der Waals surface area contributed by atoms with Crippen LogP contribution in [0.2, 0.25) is 0 Å². The highest BCUT2D eigenvalue weighted by atomic mass is 32.1. The molecule has 0 aromatic heterocycles. The van der Waals surface area contributed by atoms with Crippen molar-refractivity contribution in [1.29, 1.82) is 0 Å². The molecule has 0 aromatic rings. The number of rotatable bonds is 5. The topological polar surface area (TPSA) is 135 Å². The third-order valence-corrected chi connectivity index (χ3v) is 3.92. The second kappa shape index (κ2) is 4.77. The van der Waals surface area contributed by atoms with E-state index in [4.69, 9.17) is 24.5 Å². The van der Waals surface area contributed by atoms with Crippen molar-refractivity contribution in [2.45, 2.75) is 18.1 Å². The molecule has 15 heavy (non-hydrogen) atoms. The SMILES string of the molecule is CC(S)(CC(=O)[P+](O)(O)O)CP(=O)(O)O. The van der Waals surface area contributed by atoms with E-state index in [2.05, 4.69) is 12.6 Å². The number of carbonyl (C=O) groups excluding carboxylic acids is 1. The van der Waals surface area contributed by atoms with Crippen LogP contribution in [0, 0.1) is 0 Å². The van der Waals surface area contributed by atoms with Crippen molar-refractivity contribution in [1.82, 2.24) is 0 Å². The van der Waals surface area contributed by atoms with Crippen molar-refractivity contribution >= 4 is 33.7 Å². The van der Waals surface area contributed by atoms with E-state index in [-0.39, 0.29) is 0 Å². The zero-order chi connectivity index (χ0) is 12.5. The Balaban J connectivity index is 4.53. The van der Waals surface area contributed by atoms with Gasteiger partial charge in [-0.1, -0.05) is 0 Å². The Morgan fingerprint density at radius 3 is 2.07 bits per heavy atom. The van der Waals surface area contributed by atoms with E-state index < -0.39 is 38.4 Å². The van der Waals surface area contributed by atoms with Crippen LogP contribution in [0.25, 0.3) is 0 Å². The van der Waals surface area contributed by atoms with Gasteiger partial charge in [-0.3, -0.25) is 4.57 Å². The summed E-state index contributed by atoms with van der Waals surface area (Å²) in [6.07, 6.45) is -1.34. The molecule has 0 radical (unpaired) electrons. The quantitative estimate of drug-likeness (QED) is 0.295. The highest BCUT2D eigenvalue weighted by Crippen LogP contribution is 2.50. The maximum absolute atomic E-state index is 11.0. The standard InChI is InChI=1S/C5H12O7P2S/c1-5(15,3-13(7,8)9)2-4(6)14(10,11)12/h10-12H,2-3H2,1H3,(H2-,7,8,9,15)/p+1. The fourth-order valence-electron chi connectivity index (χ4n) is 0.931. The third kappa shape index (κ3) is 7.38. The van der Waals surface area contributed by atoms with Gasteiger partial charge in [0, 0.05) is 4.75 Å². The zero-order valence-corrected chi connectivity index (χ0v) is 10.5. The molecule has 0 aromatic carbocycles. The van der Waals surface area contributed by atoms with Crippen molar-refractivity contribution < 1.29 is 33.8 Å². The van der Waals surface area contributed by atoms with E-state index >= 15 is 0 Å². The van der Waals surface area contributed by atoms with Crippen molar-refractivity contribution in [2.75, 3.05) is 6.16 Å². The second-order valence-electron chi connectivity index (χ2n) is 3.46. The van der Waals surface area contributed by atoms with Crippen LogP contribution in [0.4, 0.5) is 0 Å². The minimum atomic E-state index is -4.61. The van der Waals surface area contributed by atoms with Crippen molar-refractivity contribution in [3.05, 3.63) is 0 Å². The van der Waals surface area contributed by atoms with Gasteiger partial charge in [-0.2, -0.15) is 27.3 Å². The molecule has 0 spiro atoms. The van der Waals surface area contributed by atoms with Gasteiger partial charge in [-0.25, -0.2) is 4.79 Å². The maximum Gasteiger partial charge on any atom is 0.478 e. The Morgan fingerprint density at radius 1 is 1.40 bits per heavy atom. The average molecular weight is 279 g/mol. The minimum absolute atomic E-state index is 0.640. The first-order chi connectivity index (χ1) is 6.33. The lowest BCUT2D eigenvalue weighted by Crippen LogP contribution is -2.27. The van der Waals surface area contributed by atoms with Crippen LogP contribution < -0.4 is 0 Å². The molecule has 0 rings (SSSR count). The van der Waals surface area contributed by atoms with Gasteiger partial charge in [0.25, 0.3) is 0 Å². The molecule has 0 amide bonds. The van der Waals surface area contributed by atoms with Gasteiger partial charge in [0.15, 0.2) is 0 Å². The van der Waals surface area contributed by atoms with Crippen LogP contribution in [0.3, 0.4) is 0 Å². The second-order valence-corrected chi connectivity index (χ2v) is 7.82. The predicted molar refractivity (Wildman–Crippen MR) is 57.5 cm³/mol. The Bertz CT molecular complexity index is 290. The van der Waals surface area contributed by atoms with Gasteiger partial charge in [0.1, 0.15) is 0 Å². The monoisotopic (exact) mass is 279 g/mol. The summed E-state index contributed by atoms with van der Waals surface area (Å²) in [4.78, 5) is 54.0. The molecule has 0 aliphatic heterocycles. The molecule has 0 bridgehead atoms. The summed E-state index contributed by atoms with van der Waals surface area (Å²) >= 11 is 3.82. The Morgan fingerprint density at radius 2 is 1.80 bits per heavy atom. The largest absolute Gasteiger partial charge is 0.478 e. The van der Waals surface area contributed by atoms with Crippen LogP contribution in [0.1, 0.15) is 13.3 Å². The van der Waals surface area contributed by atoms with Crippen LogP contribution in [-0.4, -0.2) is 40.9 Å². The smallest absolute Gasteiger partial charge is 0.324 e. The van der Waals surface area contributed by atoms with E-state index in [1.54, 1.807) is 0 Å². The lowest BCUT2D eigenvalue weighted by molar-refractivity contribution is -0.114. The number of carbonyl (C=O) groups is 1. The van der Waals surface area contributed by atoms with Gasteiger partial charge in [-0.05, 0) is 6.92 Å². The normalized spacial score (nSPS) is 17.3. The highest BCUT2D eigenvalue weighted by Gasteiger charge is 2.46. The molecule has 5 N–H and O–H groups in total. The molecule has 1 atom stereocenters. The molecule has 0 aliphatic carbocycles. The fourth-order valence-corrected chi connectivity index (χ4v) is 3.31. The van der Waals surface area contributed by atoms with E-state index in [1.807, 2.05) is 0 Å². The molecular weight excluding hydrogens is 266 g/mol. The number of thiol groups is 1. The van der Waals surface area contributed by atoms with Gasteiger partial charge in [0.05, 0.1) is 12.6 Å². The van der Waals surface area contributed by atoms with Crippen molar-refractivity contribution in [3.8, 4) is 0 Å². The first-order valence-electron chi connectivity index (χ1n) is 3.71. The van der Waals surface area contributed by atoms with Crippen LogP contribution >= 0.6 is 28.2 Å². The lowest BCUT2D eigenvalue weighted by Gasteiger charge is -2.22. The molecular formula is C5H13O7P2S+. The third-order valence-electron chi connectivity index (χ3n) is 1.41. The van der Waals surface area contributed by atoms with E-state index in [0.717, 1.165) is 0 Å². The average Bonchev–Trinajstić information content (AvgIpc) is 1.76. The Hall–Kier alpha value is 0.480. The van der Waals surface area contributed by atoms with Crippen molar-refractivity contribution in [2.24, 2.45) is 0 Å². The predicted octanol–water partition coefficient (Wildman–Crippen LogP) is -0.491. The molecule has 10 heteroatoms. The summed E-state index contributed by atoms with van der Waals surface area (Å²) in [5, 5.41) is 0. The summed E-state index contributed by atoms with van der Waals surface area (Å²) in [6, 6.07) is 0. The molecule has 0 saturated carbocycles. The number of hydrogen-bond donors (Lipinski definition) is 6. The highest BCUT2D eigenvalue weighted by molar-refractivity contribution is 7.82. The van der Waals surface area contributed by atoms with E-state index in [0.29, 0.717) is 0 Å². The van der Waals surface area contributed by atoms with Gasteiger partial charge in [-0.15, -0.1) is 0 Å². The van der Waals surface area contributed by atoms with Crippen LogP contribution in [-0.2, 0) is 9.36 Å². The van der Waals surface area contributed by atoms with Crippen LogP contribution in [0.5, 0.6) is 0 Å². The molecule has 90 valence electrons.